The van der Waals surface area contributed by atoms with E-state index >= 15 is 0 Å². The van der Waals surface area contributed by atoms with E-state index in [1.165, 1.54) is 0 Å². The number of hydrogen-bond acceptors (Lipinski definition) is 4. The van der Waals surface area contributed by atoms with Crippen LogP contribution in [0.3, 0.4) is 0 Å². The predicted molar refractivity (Wildman–Crippen MR) is 70.6 cm³/mol. The lowest BCUT2D eigenvalue weighted by molar-refractivity contribution is 0.0526. The van der Waals surface area contributed by atoms with Crippen LogP contribution in [-0.4, -0.2) is 30.8 Å². The Hall–Kier alpha value is -1.81. The van der Waals surface area contributed by atoms with E-state index in [0.29, 0.717) is 18.6 Å². The van der Waals surface area contributed by atoms with E-state index in [2.05, 4.69) is 5.32 Å². The Morgan fingerprint density at radius 2 is 2.39 bits per heavy atom. The van der Waals surface area contributed by atoms with Crippen LogP contribution in [0.4, 0.5) is 5.69 Å². The molecule has 1 aliphatic rings. The molecular formula is C14H17NO3. The van der Waals surface area contributed by atoms with Gasteiger partial charge in [-0.15, -0.1) is 0 Å². The lowest BCUT2D eigenvalue weighted by Crippen LogP contribution is -2.04. The molecule has 18 heavy (non-hydrogen) atoms. The number of ether oxygens (including phenoxy) is 1. The lowest BCUT2D eigenvalue weighted by atomic mass is 10.0. The van der Waals surface area contributed by atoms with E-state index in [4.69, 9.17) is 9.84 Å². The minimum atomic E-state index is -0.297. The maximum Gasteiger partial charge on any atom is 0.338 e. The molecule has 0 radical (unpaired) electrons. The molecule has 1 heterocycles. The second kappa shape index (κ2) is 5.69. The number of hydrogen-bond donors (Lipinski definition) is 2. The minimum Gasteiger partial charge on any atom is -0.462 e. The van der Waals surface area contributed by atoms with Gasteiger partial charge in [-0.25, -0.2) is 4.79 Å². The molecule has 2 rings (SSSR count). The number of nitrogens with one attached hydrogen (secondary N) is 1. The van der Waals surface area contributed by atoms with Gasteiger partial charge < -0.3 is 15.2 Å². The van der Waals surface area contributed by atoms with Crippen molar-refractivity contribution < 1.29 is 14.6 Å². The zero-order valence-electron chi connectivity index (χ0n) is 10.4. The first-order valence-electron chi connectivity index (χ1n) is 6.11. The van der Waals surface area contributed by atoms with Crippen LogP contribution in [0.1, 0.15) is 29.3 Å². The van der Waals surface area contributed by atoms with Crippen LogP contribution in [0.2, 0.25) is 0 Å². The summed E-state index contributed by atoms with van der Waals surface area (Å²) in [5, 5.41) is 12.1. The Bertz CT molecular complexity index is 480. The fraction of sp³-hybridized carbons (Fsp3) is 0.357. The van der Waals surface area contributed by atoms with Gasteiger partial charge in [0.15, 0.2) is 0 Å². The molecule has 1 aromatic rings. The van der Waals surface area contributed by atoms with E-state index in [1.54, 1.807) is 13.0 Å². The maximum atomic E-state index is 11.7. The number of carbonyl (C=O) groups excluding carboxylic acids is 1. The van der Waals surface area contributed by atoms with Crippen LogP contribution in [0.5, 0.6) is 0 Å². The van der Waals surface area contributed by atoms with Crippen LogP contribution in [0.15, 0.2) is 24.3 Å². The van der Waals surface area contributed by atoms with Crippen molar-refractivity contribution in [3.05, 3.63) is 35.4 Å². The lowest BCUT2D eigenvalue weighted by Gasteiger charge is -2.05. The summed E-state index contributed by atoms with van der Waals surface area (Å²) in [6.45, 7) is 3.04. The second-order valence-corrected chi connectivity index (χ2v) is 4.08. The van der Waals surface area contributed by atoms with Crippen LogP contribution in [0.25, 0.3) is 5.57 Å². The van der Waals surface area contributed by atoms with Crippen molar-refractivity contribution in [2.24, 2.45) is 0 Å². The molecule has 0 amide bonds. The zero-order valence-corrected chi connectivity index (χ0v) is 10.4. The van der Waals surface area contributed by atoms with Gasteiger partial charge >= 0.3 is 5.97 Å². The number of benzene rings is 1. The third-order valence-corrected chi connectivity index (χ3v) is 2.87. The Morgan fingerprint density at radius 3 is 3.11 bits per heavy atom. The van der Waals surface area contributed by atoms with E-state index in [1.807, 2.05) is 18.2 Å². The first-order chi connectivity index (χ1) is 8.76. The molecule has 0 saturated carbocycles. The van der Waals surface area contributed by atoms with Gasteiger partial charge in [0.1, 0.15) is 0 Å². The summed E-state index contributed by atoms with van der Waals surface area (Å²) in [6.07, 6.45) is 2.62. The molecule has 0 unspecified atom stereocenters. The number of anilines is 1. The van der Waals surface area contributed by atoms with E-state index in [0.717, 1.165) is 23.4 Å². The molecule has 1 aromatic carbocycles. The highest BCUT2D eigenvalue weighted by Crippen LogP contribution is 2.31. The van der Waals surface area contributed by atoms with Crippen molar-refractivity contribution in [1.29, 1.82) is 0 Å². The Labute approximate surface area is 106 Å². The number of carbonyl (C=O) groups is 1. The summed E-state index contributed by atoms with van der Waals surface area (Å²) in [4.78, 5) is 11.7. The number of rotatable bonds is 4. The van der Waals surface area contributed by atoms with Crippen LogP contribution >= 0.6 is 0 Å². The van der Waals surface area contributed by atoms with Gasteiger partial charge in [-0.2, -0.15) is 0 Å². The van der Waals surface area contributed by atoms with Crippen molar-refractivity contribution in [3.8, 4) is 0 Å². The smallest absolute Gasteiger partial charge is 0.338 e. The number of aliphatic hydroxyl groups is 1. The molecular weight excluding hydrogens is 230 g/mol. The fourth-order valence-electron chi connectivity index (χ4n) is 2.01. The van der Waals surface area contributed by atoms with Gasteiger partial charge in [-0.1, -0.05) is 6.08 Å². The first kappa shape index (κ1) is 12.6. The van der Waals surface area contributed by atoms with Crippen LogP contribution < -0.4 is 5.32 Å². The number of aliphatic hydroxyl groups excluding tert-OH is 1. The van der Waals surface area contributed by atoms with E-state index in [9.17, 15) is 4.79 Å². The van der Waals surface area contributed by atoms with Gasteiger partial charge in [-0.3, -0.25) is 0 Å². The van der Waals surface area contributed by atoms with Gasteiger partial charge in [-0.05, 0) is 37.1 Å². The topological polar surface area (TPSA) is 58.6 Å². The molecule has 96 valence electrons. The Kier molecular flexibility index (Phi) is 3.99. The molecule has 4 nitrogen and oxygen atoms in total. The maximum absolute atomic E-state index is 11.7. The monoisotopic (exact) mass is 247 g/mol. The molecule has 0 aromatic heterocycles. The second-order valence-electron chi connectivity index (χ2n) is 4.08. The average Bonchev–Trinajstić information content (AvgIpc) is 2.79. The summed E-state index contributed by atoms with van der Waals surface area (Å²) in [5.41, 5.74) is 3.72. The van der Waals surface area contributed by atoms with Crippen molar-refractivity contribution in [2.75, 3.05) is 25.1 Å². The molecule has 4 heteroatoms. The Balaban J connectivity index is 2.28. The largest absolute Gasteiger partial charge is 0.462 e. The summed E-state index contributed by atoms with van der Waals surface area (Å²) < 4.78 is 4.99. The molecule has 0 saturated heterocycles. The standard InChI is InChI=1S/C14H17NO3/c1-2-18-14(17)10-5-6-13-12(8-10)11(9-15-13)4-3-7-16/h4-6,8,15-16H,2-3,7,9H2,1H3. The van der Waals surface area contributed by atoms with Crippen molar-refractivity contribution >= 4 is 17.2 Å². The number of fused-ring (bicyclic) bond motifs is 1. The van der Waals surface area contributed by atoms with Crippen LogP contribution in [0, 0.1) is 0 Å². The molecule has 2 N–H and O–H groups in total. The third kappa shape index (κ3) is 2.54. The molecule has 0 bridgehead atoms. The highest BCUT2D eigenvalue weighted by Gasteiger charge is 2.17. The average molecular weight is 247 g/mol. The normalized spacial score (nSPS) is 15.3. The quantitative estimate of drug-likeness (QED) is 0.799. The van der Waals surface area contributed by atoms with Crippen molar-refractivity contribution in [2.45, 2.75) is 13.3 Å². The molecule has 0 fully saturated rings. The molecule has 0 aliphatic carbocycles. The molecule has 0 atom stereocenters. The highest BCUT2D eigenvalue weighted by molar-refractivity contribution is 5.94. The number of esters is 1. The molecule has 0 spiro atoms. The summed E-state index contributed by atoms with van der Waals surface area (Å²) >= 11 is 0. The van der Waals surface area contributed by atoms with Crippen LogP contribution in [-0.2, 0) is 4.74 Å². The van der Waals surface area contributed by atoms with Gasteiger partial charge in [0.2, 0.25) is 0 Å². The van der Waals surface area contributed by atoms with Gasteiger partial charge in [0.25, 0.3) is 0 Å². The van der Waals surface area contributed by atoms with E-state index in [-0.39, 0.29) is 12.6 Å². The SMILES string of the molecule is CCOC(=O)c1ccc2c(c1)C(=CCCO)CN2. The summed E-state index contributed by atoms with van der Waals surface area (Å²) in [6, 6.07) is 5.50. The summed E-state index contributed by atoms with van der Waals surface area (Å²) in [5.74, 6) is -0.297. The predicted octanol–water partition coefficient (Wildman–Crippen LogP) is 2.05. The van der Waals surface area contributed by atoms with Gasteiger partial charge in [0.05, 0.1) is 12.2 Å². The van der Waals surface area contributed by atoms with Crippen molar-refractivity contribution in [1.82, 2.24) is 0 Å². The highest BCUT2D eigenvalue weighted by atomic mass is 16.5. The molecule has 1 aliphatic heterocycles. The fourth-order valence-corrected chi connectivity index (χ4v) is 2.01. The van der Waals surface area contributed by atoms with E-state index < -0.39 is 0 Å². The summed E-state index contributed by atoms with van der Waals surface area (Å²) in [7, 11) is 0. The third-order valence-electron chi connectivity index (χ3n) is 2.87. The van der Waals surface area contributed by atoms with Crippen molar-refractivity contribution in [3.63, 3.8) is 0 Å². The Morgan fingerprint density at radius 1 is 1.56 bits per heavy atom. The first-order valence-corrected chi connectivity index (χ1v) is 6.11. The zero-order chi connectivity index (χ0) is 13.0. The minimum absolute atomic E-state index is 0.135. The van der Waals surface area contributed by atoms with Gasteiger partial charge in [0, 0.05) is 24.4 Å².